The van der Waals surface area contributed by atoms with Gasteiger partial charge < -0.3 is 10.1 Å². The van der Waals surface area contributed by atoms with E-state index < -0.39 is 0 Å². The van der Waals surface area contributed by atoms with Gasteiger partial charge in [0, 0.05) is 31.9 Å². The lowest BCUT2D eigenvalue weighted by molar-refractivity contribution is -0.118. The average molecular weight is 389 g/mol. The third kappa shape index (κ3) is 6.97. The van der Waals surface area contributed by atoms with Crippen LogP contribution in [-0.2, 0) is 28.4 Å². The van der Waals surface area contributed by atoms with E-state index in [1.807, 2.05) is 12.1 Å². The van der Waals surface area contributed by atoms with Crippen LogP contribution in [0.15, 0.2) is 48.5 Å². The number of halogens is 1. The van der Waals surface area contributed by atoms with E-state index in [4.69, 9.17) is 4.74 Å². The number of hydrogen-bond acceptors (Lipinski definition) is 4. The minimum Gasteiger partial charge on any atom is -0.379 e. The molecule has 1 saturated heterocycles. The quantitative estimate of drug-likeness (QED) is 0.754. The van der Waals surface area contributed by atoms with E-state index in [0.717, 1.165) is 44.0 Å². The SMILES string of the molecule is O=C(CSCc1ccc(F)cc1)NCc1cccc(CN2CCOCC2)c1. The van der Waals surface area contributed by atoms with Gasteiger partial charge >= 0.3 is 0 Å². The molecule has 6 heteroatoms. The summed E-state index contributed by atoms with van der Waals surface area (Å²) < 4.78 is 18.3. The maximum atomic E-state index is 12.9. The molecule has 1 amide bonds. The third-order valence-corrected chi connectivity index (χ3v) is 5.41. The van der Waals surface area contributed by atoms with Gasteiger partial charge in [-0.2, -0.15) is 0 Å². The molecule has 0 aliphatic carbocycles. The van der Waals surface area contributed by atoms with Crippen LogP contribution < -0.4 is 5.32 Å². The fourth-order valence-electron chi connectivity index (χ4n) is 2.95. The van der Waals surface area contributed by atoms with Gasteiger partial charge in [0.15, 0.2) is 0 Å². The molecule has 1 N–H and O–H groups in total. The molecule has 1 fully saturated rings. The second-order valence-electron chi connectivity index (χ2n) is 6.60. The largest absolute Gasteiger partial charge is 0.379 e. The fourth-order valence-corrected chi connectivity index (χ4v) is 3.77. The number of ether oxygens (including phenoxy) is 1. The zero-order valence-electron chi connectivity index (χ0n) is 15.3. The number of nitrogens with one attached hydrogen (secondary N) is 1. The van der Waals surface area contributed by atoms with E-state index in [9.17, 15) is 9.18 Å². The molecule has 2 aromatic rings. The first-order valence-electron chi connectivity index (χ1n) is 9.16. The second kappa shape index (κ2) is 10.4. The van der Waals surface area contributed by atoms with Crippen LogP contribution in [-0.4, -0.2) is 42.9 Å². The number of benzene rings is 2. The van der Waals surface area contributed by atoms with Crippen LogP contribution in [0.4, 0.5) is 4.39 Å². The molecule has 4 nitrogen and oxygen atoms in total. The predicted molar refractivity (Wildman–Crippen MR) is 107 cm³/mol. The molecule has 0 saturated carbocycles. The van der Waals surface area contributed by atoms with Crippen molar-refractivity contribution in [3.63, 3.8) is 0 Å². The molecule has 27 heavy (non-hydrogen) atoms. The van der Waals surface area contributed by atoms with Gasteiger partial charge in [0.2, 0.25) is 5.91 Å². The first-order valence-corrected chi connectivity index (χ1v) is 10.3. The van der Waals surface area contributed by atoms with Gasteiger partial charge in [0.05, 0.1) is 19.0 Å². The molecule has 1 heterocycles. The summed E-state index contributed by atoms with van der Waals surface area (Å²) in [6.45, 7) is 4.97. The van der Waals surface area contributed by atoms with Crippen molar-refractivity contribution in [1.82, 2.24) is 10.2 Å². The van der Waals surface area contributed by atoms with Crippen molar-refractivity contribution in [3.05, 3.63) is 71.0 Å². The molecule has 0 atom stereocenters. The van der Waals surface area contributed by atoms with Crippen molar-refractivity contribution < 1.29 is 13.9 Å². The number of amides is 1. The Labute approximate surface area is 164 Å². The Hall–Kier alpha value is -1.89. The standard InChI is InChI=1S/C21H25FN2O2S/c22-20-6-4-17(5-7-20)15-27-16-21(25)23-13-18-2-1-3-19(12-18)14-24-8-10-26-11-9-24/h1-7,12H,8-11,13-16H2,(H,23,25). The molecular weight excluding hydrogens is 363 g/mol. The summed E-state index contributed by atoms with van der Waals surface area (Å²) in [6, 6.07) is 14.7. The molecule has 0 unspecified atom stereocenters. The third-order valence-electron chi connectivity index (χ3n) is 4.41. The van der Waals surface area contributed by atoms with Crippen LogP contribution in [0, 0.1) is 5.82 Å². The summed E-state index contributed by atoms with van der Waals surface area (Å²) in [6.07, 6.45) is 0. The highest BCUT2D eigenvalue weighted by Gasteiger charge is 2.11. The van der Waals surface area contributed by atoms with E-state index in [0.29, 0.717) is 18.1 Å². The number of carbonyl (C=O) groups is 1. The lowest BCUT2D eigenvalue weighted by Gasteiger charge is -2.26. The lowest BCUT2D eigenvalue weighted by atomic mass is 10.1. The molecule has 0 spiro atoms. The van der Waals surface area contributed by atoms with E-state index in [2.05, 4.69) is 22.3 Å². The molecule has 0 aromatic heterocycles. The summed E-state index contributed by atoms with van der Waals surface area (Å²) in [5, 5.41) is 2.97. The van der Waals surface area contributed by atoms with E-state index in [-0.39, 0.29) is 11.7 Å². The highest BCUT2D eigenvalue weighted by molar-refractivity contribution is 7.99. The highest BCUT2D eigenvalue weighted by atomic mass is 32.2. The fraction of sp³-hybridized carbons (Fsp3) is 0.381. The molecule has 1 aliphatic rings. The zero-order chi connectivity index (χ0) is 18.9. The Morgan fingerprint density at radius 2 is 1.81 bits per heavy atom. The summed E-state index contributed by atoms with van der Waals surface area (Å²) in [5.74, 6) is 0.867. The van der Waals surface area contributed by atoms with Gasteiger partial charge in [0.1, 0.15) is 5.82 Å². The molecule has 3 rings (SSSR count). The molecule has 0 radical (unpaired) electrons. The molecule has 144 valence electrons. The van der Waals surface area contributed by atoms with Gasteiger partial charge in [0.25, 0.3) is 0 Å². The first-order chi connectivity index (χ1) is 13.2. The van der Waals surface area contributed by atoms with E-state index >= 15 is 0 Å². The van der Waals surface area contributed by atoms with Crippen molar-refractivity contribution in [3.8, 4) is 0 Å². The number of hydrogen-bond donors (Lipinski definition) is 1. The average Bonchev–Trinajstić information content (AvgIpc) is 2.69. The smallest absolute Gasteiger partial charge is 0.230 e. The van der Waals surface area contributed by atoms with Crippen molar-refractivity contribution in [2.24, 2.45) is 0 Å². The Bertz CT molecular complexity index is 733. The molecule has 2 aromatic carbocycles. The molecular formula is C21H25FN2O2S. The van der Waals surface area contributed by atoms with Gasteiger partial charge in [-0.25, -0.2) is 4.39 Å². The number of nitrogens with zero attached hydrogens (tertiary/aromatic N) is 1. The monoisotopic (exact) mass is 388 g/mol. The van der Waals surface area contributed by atoms with E-state index in [1.54, 1.807) is 12.1 Å². The van der Waals surface area contributed by atoms with Crippen LogP contribution in [0.25, 0.3) is 0 Å². The van der Waals surface area contributed by atoms with Crippen molar-refractivity contribution >= 4 is 17.7 Å². The summed E-state index contributed by atoms with van der Waals surface area (Å²) >= 11 is 1.53. The van der Waals surface area contributed by atoms with Gasteiger partial charge in [-0.15, -0.1) is 11.8 Å². The Morgan fingerprint density at radius 3 is 2.59 bits per heavy atom. The summed E-state index contributed by atoms with van der Waals surface area (Å²) in [5.41, 5.74) is 3.39. The van der Waals surface area contributed by atoms with Gasteiger partial charge in [-0.05, 0) is 28.8 Å². The normalized spacial score (nSPS) is 14.9. The Kier molecular flexibility index (Phi) is 7.68. The van der Waals surface area contributed by atoms with Crippen molar-refractivity contribution in [2.75, 3.05) is 32.1 Å². The van der Waals surface area contributed by atoms with Crippen molar-refractivity contribution in [1.29, 1.82) is 0 Å². The number of rotatable bonds is 8. The van der Waals surface area contributed by atoms with Gasteiger partial charge in [-0.3, -0.25) is 9.69 Å². The van der Waals surface area contributed by atoms with Crippen LogP contribution >= 0.6 is 11.8 Å². The van der Waals surface area contributed by atoms with Crippen LogP contribution in [0.3, 0.4) is 0 Å². The number of thioether (sulfide) groups is 1. The Balaban J connectivity index is 1.39. The van der Waals surface area contributed by atoms with Crippen molar-refractivity contribution in [2.45, 2.75) is 18.8 Å². The van der Waals surface area contributed by atoms with E-state index in [1.165, 1.54) is 29.5 Å². The topological polar surface area (TPSA) is 41.6 Å². The van der Waals surface area contributed by atoms with Gasteiger partial charge in [-0.1, -0.05) is 36.4 Å². The minimum atomic E-state index is -0.239. The lowest BCUT2D eigenvalue weighted by Crippen LogP contribution is -2.35. The zero-order valence-corrected chi connectivity index (χ0v) is 16.1. The predicted octanol–water partition coefficient (Wildman–Crippen LogP) is 3.21. The minimum absolute atomic E-state index is 0.0145. The molecule has 0 bridgehead atoms. The van der Waals surface area contributed by atoms with Crippen LogP contribution in [0.5, 0.6) is 0 Å². The van der Waals surface area contributed by atoms with Crippen LogP contribution in [0.1, 0.15) is 16.7 Å². The second-order valence-corrected chi connectivity index (χ2v) is 7.59. The molecule has 1 aliphatic heterocycles. The number of morpholine rings is 1. The van der Waals surface area contributed by atoms with Crippen LogP contribution in [0.2, 0.25) is 0 Å². The highest BCUT2D eigenvalue weighted by Crippen LogP contribution is 2.13. The maximum Gasteiger partial charge on any atom is 0.230 e. The number of carbonyl (C=O) groups excluding carboxylic acids is 1. The Morgan fingerprint density at radius 1 is 1.07 bits per heavy atom. The summed E-state index contributed by atoms with van der Waals surface area (Å²) in [7, 11) is 0. The maximum absolute atomic E-state index is 12.9. The first kappa shape index (κ1) is 19.9. The summed E-state index contributed by atoms with van der Waals surface area (Å²) in [4.78, 5) is 14.4.